The summed E-state index contributed by atoms with van der Waals surface area (Å²) in [4.78, 5) is 26.3. The number of nitrogens with zero attached hydrogens (tertiary/aromatic N) is 2. The zero-order valence-electron chi connectivity index (χ0n) is 15.7. The van der Waals surface area contributed by atoms with Crippen LogP contribution < -0.4 is 5.32 Å². The molecular weight excluding hydrogens is 334 g/mol. The van der Waals surface area contributed by atoms with Gasteiger partial charge in [-0.05, 0) is 58.3 Å². The predicted molar refractivity (Wildman–Crippen MR) is 95.4 cm³/mol. The van der Waals surface area contributed by atoms with Gasteiger partial charge in [0.2, 0.25) is 0 Å². The Morgan fingerprint density at radius 3 is 2.73 bits per heavy atom. The molecule has 1 saturated carbocycles. The van der Waals surface area contributed by atoms with Gasteiger partial charge in [-0.3, -0.25) is 4.79 Å². The molecule has 2 aliphatic rings. The molecule has 1 aromatic rings. The minimum atomic E-state index is -0.0715. The summed E-state index contributed by atoms with van der Waals surface area (Å²) in [6.07, 6.45) is 5.51. The van der Waals surface area contributed by atoms with Crippen LogP contribution in [0.3, 0.4) is 0 Å². The van der Waals surface area contributed by atoms with Crippen molar-refractivity contribution in [2.24, 2.45) is 11.8 Å². The van der Waals surface area contributed by atoms with Crippen molar-refractivity contribution in [3.63, 3.8) is 0 Å². The first kappa shape index (κ1) is 18.7. The minimum absolute atomic E-state index is 0.00648. The van der Waals surface area contributed by atoms with E-state index in [1.54, 1.807) is 0 Å². The first-order valence-electron chi connectivity index (χ1n) is 9.72. The quantitative estimate of drug-likeness (QED) is 0.812. The topological polar surface area (TPSA) is 84.7 Å². The Bertz CT molecular complexity index is 622. The number of aromatic nitrogens is 1. The highest BCUT2D eigenvalue weighted by Crippen LogP contribution is 2.32. The van der Waals surface area contributed by atoms with Crippen LogP contribution in [0.2, 0.25) is 0 Å². The third-order valence-electron chi connectivity index (χ3n) is 5.51. The van der Waals surface area contributed by atoms with Gasteiger partial charge in [0, 0.05) is 19.2 Å². The van der Waals surface area contributed by atoms with Crippen LogP contribution in [-0.4, -0.2) is 41.8 Å². The lowest BCUT2D eigenvalue weighted by Crippen LogP contribution is -2.42. The second-order valence-corrected chi connectivity index (χ2v) is 7.37. The van der Waals surface area contributed by atoms with Gasteiger partial charge in [-0.15, -0.1) is 0 Å². The van der Waals surface area contributed by atoms with Crippen LogP contribution in [0.15, 0.2) is 10.6 Å². The third kappa shape index (κ3) is 4.37. The Labute approximate surface area is 154 Å². The highest BCUT2D eigenvalue weighted by molar-refractivity contribution is 5.75. The number of hydrogen-bond donors (Lipinski definition) is 1. The molecule has 0 aromatic carbocycles. The highest BCUT2D eigenvalue weighted by Gasteiger charge is 2.33. The maximum Gasteiger partial charge on any atom is 0.317 e. The van der Waals surface area contributed by atoms with E-state index < -0.39 is 0 Å². The summed E-state index contributed by atoms with van der Waals surface area (Å²) >= 11 is 0. The maximum atomic E-state index is 12.6. The molecule has 0 spiro atoms. The van der Waals surface area contributed by atoms with Crippen molar-refractivity contribution in [2.75, 3.05) is 19.7 Å². The summed E-state index contributed by atoms with van der Waals surface area (Å²) in [5.74, 6) is 1.16. The van der Waals surface area contributed by atoms with Gasteiger partial charge in [-0.25, -0.2) is 4.79 Å². The van der Waals surface area contributed by atoms with Crippen molar-refractivity contribution in [3.05, 3.63) is 17.5 Å². The maximum absolute atomic E-state index is 12.6. The molecule has 144 valence electrons. The predicted octanol–water partition coefficient (Wildman–Crippen LogP) is 3.20. The lowest BCUT2D eigenvalue weighted by atomic mass is 9.82. The molecular formula is C19H29N3O4. The fraction of sp³-hybridized carbons (Fsp3) is 0.737. The van der Waals surface area contributed by atoms with Gasteiger partial charge >= 0.3 is 12.0 Å². The van der Waals surface area contributed by atoms with Crippen LogP contribution >= 0.6 is 0 Å². The molecule has 1 aliphatic carbocycles. The molecule has 1 N–H and O–H groups in total. The molecule has 1 unspecified atom stereocenters. The van der Waals surface area contributed by atoms with E-state index in [1.807, 2.05) is 24.8 Å². The number of nitrogens with one attached hydrogen (secondary N) is 1. The molecule has 0 radical (unpaired) electrons. The normalized spacial score (nSPS) is 25.9. The molecule has 2 fully saturated rings. The Morgan fingerprint density at radius 1 is 1.31 bits per heavy atom. The highest BCUT2D eigenvalue weighted by atomic mass is 16.5. The molecule has 1 atom stereocenters. The monoisotopic (exact) mass is 363 g/mol. The van der Waals surface area contributed by atoms with E-state index in [1.165, 1.54) is 0 Å². The molecule has 1 aliphatic heterocycles. The van der Waals surface area contributed by atoms with Gasteiger partial charge in [0.15, 0.2) is 0 Å². The minimum Gasteiger partial charge on any atom is -0.466 e. The van der Waals surface area contributed by atoms with Crippen LogP contribution in [0.5, 0.6) is 0 Å². The van der Waals surface area contributed by atoms with E-state index in [-0.39, 0.29) is 24.0 Å². The van der Waals surface area contributed by atoms with Crippen LogP contribution in [0, 0.1) is 18.8 Å². The van der Waals surface area contributed by atoms with Crippen LogP contribution in [0.1, 0.15) is 62.9 Å². The van der Waals surface area contributed by atoms with Gasteiger partial charge in [-0.2, -0.15) is 0 Å². The molecule has 2 amide bonds. The van der Waals surface area contributed by atoms with Crippen molar-refractivity contribution in [1.29, 1.82) is 0 Å². The summed E-state index contributed by atoms with van der Waals surface area (Å²) in [6.45, 7) is 5.55. The van der Waals surface area contributed by atoms with Gasteiger partial charge in [0.1, 0.15) is 11.5 Å². The number of aryl methyl sites for hydroxylation is 1. The summed E-state index contributed by atoms with van der Waals surface area (Å²) < 4.78 is 10.3. The van der Waals surface area contributed by atoms with Crippen molar-refractivity contribution in [2.45, 2.75) is 58.4 Å². The summed E-state index contributed by atoms with van der Waals surface area (Å²) in [6, 6.07) is 1.89. The Morgan fingerprint density at radius 2 is 2.08 bits per heavy atom. The van der Waals surface area contributed by atoms with Crippen LogP contribution in [0.25, 0.3) is 0 Å². The molecule has 26 heavy (non-hydrogen) atoms. The van der Waals surface area contributed by atoms with E-state index >= 15 is 0 Å². The van der Waals surface area contributed by atoms with Gasteiger partial charge in [0.05, 0.1) is 18.6 Å². The average molecular weight is 363 g/mol. The fourth-order valence-electron chi connectivity index (χ4n) is 4.06. The molecule has 0 bridgehead atoms. The van der Waals surface area contributed by atoms with E-state index in [0.29, 0.717) is 19.1 Å². The summed E-state index contributed by atoms with van der Waals surface area (Å²) in [5, 5.41) is 7.16. The van der Waals surface area contributed by atoms with E-state index in [9.17, 15) is 9.59 Å². The fourth-order valence-corrected chi connectivity index (χ4v) is 4.06. The molecule has 2 heterocycles. The van der Waals surface area contributed by atoms with E-state index in [2.05, 4.69) is 10.5 Å². The van der Waals surface area contributed by atoms with Gasteiger partial charge < -0.3 is 19.5 Å². The first-order valence-corrected chi connectivity index (χ1v) is 9.72. The van der Waals surface area contributed by atoms with Crippen molar-refractivity contribution in [3.8, 4) is 0 Å². The average Bonchev–Trinajstić information content (AvgIpc) is 3.29. The Hall–Kier alpha value is -2.05. The largest absolute Gasteiger partial charge is 0.466 e. The Balaban J connectivity index is 1.45. The zero-order valence-corrected chi connectivity index (χ0v) is 15.7. The number of likely N-dealkylation sites (tertiary alicyclic amines) is 1. The zero-order chi connectivity index (χ0) is 18.5. The number of rotatable bonds is 5. The molecule has 7 heteroatoms. The number of hydrogen-bond acceptors (Lipinski definition) is 5. The second-order valence-electron chi connectivity index (χ2n) is 7.37. The van der Waals surface area contributed by atoms with E-state index in [0.717, 1.165) is 56.5 Å². The standard InChI is InChI=1S/C19H29N3O4/c1-3-25-18(23)15-8-6-14(7-9-15)12-20-19(24)22-10-4-5-17(22)16-11-13(2)26-21-16/h11,14-15,17H,3-10,12H2,1-2H3,(H,20,24). The van der Waals surface area contributed by atoms with Gasteiger partial charge in [-0.1, -0.05) is 5.16 Å². The third-order valence-corrected chi connectivity index (χ3v) is 5.51. The number of ether oxygens (including phenoxy) is 1. The lowest BCUT2D eigenvalue weighted by Gasteiger charge is -2.29. The SMILES string of the molecule is CCOC(=O)C1CCC(CNC(=O)N2CCCC2c2cc(C)on2)CC1. The van der Waals surface area contributed by atoms with Crippen LogP contribution in [-0.2, 0) is 9.53 Å². The number of carbonyl (C=O) groups excluding carboxylic acids is 2. The molecule has 1 saturated heterocycles. The first-order chi connectivity index (χ1) is 12.6. The smallest absolute Gasteiger partial charge is 0.317 e. The number of urea groups is 1. The van der Waals surface area contributed by atoms with Crippen LogP contribution in [0.4, 0.5) is 4.79 Å². The molecule has 7 nitrogen and oxygen atoms in total. The van der Waals surface area contributed by atoms with E-state index in [4.69, 9.17) is 9.26 Å². The summed E-state index contributed by atoms with van der Waals surface area (Å²) in [7, 11) is 0. The number of carbonyl (C=O) groups is 2. The van der Waals surface area contributed by atoms with Crippen molar-refractivity contribution < 1.29 is 18.8 Å². The molecule has 3 rings (SSSR count). The van der Waals surface area contributed by atoms with Crippen molar-refractivity contribution >= 4 is 12.0 Å². The lowest BCUT2D eigenvalue weighted by molar-refractivity contribution is -0.149. The number of amides is 2. The molecule has 1 aromatic heterocycles. The van der Waals surface area contributed by atoms with Gasteiger partial charge in [0.25, 0.3) is 0 Å². The summed E-state index contributed by atoms with van der Waals surface area (Å²) in [5.41, 5.74) is 0.838. The Kier molecular flexibility index (Phi) is 6.16. The van der Waals surface area contributed by atoms with Crippen molar-refractivity contribution in [1.82, 2.24) is 15.4 Å². The second kappa shape index (κ2) is 8.56. The number of esters is 1.